The Balaban J connectivity index is 2.33. The molecule has 0 aromatic carbocycles. The van der Waals surface area contributed by atoms with Crippen LogP contribution in [0, 0.1) is 0 Å². The summed E-state index contributed by atoms with van der Waals surface area (Å²) in [5.41, 5.74) is 0. The highest BCUT2D eigenvalue weighted by atomic mass is 13.8. The zero-order valence-corrected chi connectivity index (χ0v) is 5.01. The average Bonchev–Trinajstić information content (AvgIpc) is 1.62. The quantitative estimate of drug-likeness (QED) is 0.413. The van der Waals surface area contributed by atoms with Crippen molar-refractivity contribution in [3.05, 3.63) is 24.2 Å². The molecule has 1 heterocycles. The molecule has 8 heavy (non-hydrogen) atoms. The maximum atomic E-state index is 2.21. The minimum atomic E-state index is 1.24. The molecule has 0 saturated carbocycles. The van der Waals surface area contributed by atoms with Gasteiger partial charge in [-0.25, -0.2) is 0 Å². The van der Waals surface area contributed by atoms with Crippen molar-refractivity contribution in [2.24, 2.45) is 0 Å². The molecule has 0 N–H and O–H groups in total. The smallest absolute Gasteiger partial charge is 0.123 e. The fraction of sp³-hybridized carbons (Fsp3) is 0.429. The highest BCUT2D eigenvalue weighted by Crippen LogP contribution is 1.99. The fourth-order valence-electron chi connectivity index (χ4n) is 0.767. The van der Waals surface area contributed by atoms with Gasteiger partial charge in [0.05, 0.1) is 0 Å². The predicted molar refractivity (Wildman–Crippen MR) is 38.1 cm³/mol. The van der Waals surface area contributed by atoms with Crippen molar-refractivity contribution >= 4 is 7.28 Å². The Morgan fingerprint density at radius 2 is 2.25 bits per heavy atom. The first kappa shape index (κ1) is 5.68. The Morgan fingerprint density at radius 3 is 3.25 bits per heavy atom. The SMILES string of the molecule is [B]1C=CC=CCCC1. The van der Waals surface area contributed by atoms with Gasteiger partial charge in [-0.3, -0.25) is 0 Å². The molecule has 0 bridgehead atoms. The van der Waals surface area contributed by atoms with E-state index in [4.69, 9.17) is 0 Å². The summed E-state index contributed by atoms with van der Waals surface area (Å²) >= 11 is 0. The molecule has 0 aliphatic carbocycles. The van der Waals surface area contributed by atoms with Crippen molar-refractivity contribution in [3.63, 3.8) is 0 Å². The van der Waals surface area contributed by atoms with Gasteiger partial charge in [0.15, 0.2) is 0 Å². The van der Waals surface area contributed by atoms with Gasteiger partial charge in [0.1, 0.15) is 7.28 Å². The first-order valence-electron chi connectivity index (χ1n) is 3.15. The van der Waals surface area contributed by atoms with Crippen LogP contribution in [0.1, 0.15) is 12.8 Å². The van der Waals surface area contributed by atoms with Gasteiger partial charge in [-0.2, -0.15) is 0 Å². The van der Waals surface area contributed by atoms with Gasteiger partial charge in [-0.05, 0) is 6.42 Å². The van der Waals surface area contributed by atoms with Gasteiger partial charge >= 0.3 is 0 Å². The van der Waals surface area contributed by atoms with Crippen LogP contribution in [0.25, 0.3) is 0 Å². The Hall–Kier alpha value is -0.455. The van der Waals surface area contributed by atoms with E-state index in [1.54, 1.807) is 0 Å². The third-order valence-electron chi connectivity index (χ3n) is 1.24. The van der Waals surface area contributed by atoms with Crippen LogP contribution in [0.5, 0.6) is 0 Å². The molecule has 1 radical (unpaired) electrons. The molecule has 1 rings (SSSR count). The maximum Gasteiger partial charge on any atom is 0.141 e. The Bertz CT molecular complexity index is 89.0. The molecule has 0 fully saturated rings. The molecular weight excluding hydrogens is 94.9 g/mol. The zero-order valence-electron chi connectivity index (χ0n) is 5.01. The first-order chi connectivity index (χ1) is 4.00. The largest absolute Gasteiger partial charge is 0.141 e. The summed E-state index contributed by atoms with van der Waals surface area (Å²) in [6, 6.07) is 0. The van der Waals surface area contributed by atoms with E-state index in [9.17, 15) is 0 Å². The van der Waals surface area contributed by atoms with Crippen molar-refractivity contribution in [2.45, 2.75) is 19.2 Å². The van der Waals surface area contributed by atoms with Crippen LogP contribution in [0.15, 0.2) is 24.2 Å². The predicted octanol–water partition coefficient (Wildman–Crippen LogP) is 1.97. The normalized spacial score (nSPS) is 19.0. The van der Waals surface area contributed by atoms with Crippen molar-refractivity contribution in [2.75, 3.05) is 0 Å². The molecule has 0 saturated heterocycles. The second kappa shape index (κ2) is 3.53. The molecule has 1 heteroatoms. The van der Waals surface area contributed by atoms with Crippen LogP contribution in [0.3, 0.4) is 0 Å². The van der Waals surface area contributed by atoms with E-state index in [2.05, 4.69) is 31.5 Å². The van der Waals surface area contributed by atoms with E-state index >= 15 is 0 Å². The second-order valence-corrected chi connectivity index (χ2v) is 1.98. The van der Waals surface area contributed by atoms with E-state index in [0.29, 0.717) is 0 Å². The lowest BCUT2D eigenvalue weighted by atomic mass is 9.72. The topological polar surface area (TPSA) is 0 Å². The monoisotopic (exact) mass is 105 g/mol. The van der Waals surface area contributed by atoms with Gasteiger partial charge in [0.25, 0.3) is 0 Å². The molecule has 0 atom stereocenters. The van der Waals surface area contributed by atoms with Crippen molar-refractivity contribution < 1.29 is 0 Å². The summed E-state index contributed by atoms with van der Waals surface area (Å²) in [6.45, 7) is 0. The Kier molecular flexibility index (Phi) is 2.51. The summed E-state index contributed by atoms with van der Waals surface area (Å²) < 4.78 is 0. The van der Waals surface area contributed by atoms with Gasteiger partial charge in [0, 0.05) is 0 Å². The standard InChI is InChI=1S/C7H10B/c1-2-4-6-8-7-5-3-1/h1-2,4,6H,3,5,7H2. The van der Waals surface area contributed by atoms with Crippen LogP contribution < -0.4 is 0 Å². The van der Waals surface area contributed by atoms with E-state index in [1.165, 1.54) is 19.2 Å². The minimum absolute atomic E-state index is 1.24. The Labute approximate surface area is 51.5 Å². The highest BCUT2D eigenvalue weighted by Gasteiger charge is 1.86. The van der Waals surface area contributed by atoms with E-state index in [0.717, 1.165) is 0 Å². The van der Waals surface area contributed by atoms with Crippen LogP contribution in [-0.2, 0) is 0 Å². The molecule has 0 unspecified atom stereocenters. The molecule has 0 aromatic rings. The molecule has 0 nitrogen and oxygen atoms in total. The number of hydrogen-bond acceptors (Lipinski definition) is 0. The zero-order chi connectivity index (χ0) is 5.66. The van der Waals surface area contributed by atoms with E-state index in [1.807, 2.05) is 0 Å². The van der Waals surface area contributed by atoms with E-state index in [-0.39, 0.29) is 0 Å². The third kappa shape index (κ3) is 2.01. The average molecular weight is 105 g/mol. The summed E-state index contributed by atoms with van der Waals surface area (Å²) in [4.78, 5) is 0. The van der Waals surface area contributed by atoms with Gasteiger partial charge < -0.3 is 0 Å². The third-order valence-corrected chi connectivity index (χ3v) is 1.24. The van der Waals surface area contributed by atoms with Crippen molar-refractivity contribution in [1.82, 2.24) is 0 Å². The molecule has 1 aliphatic rings. The lowest BCUT2D eigenvalue weighted by Gasteiger charge is -1.92. The molecular formula is C7H10B. The van der Waals surface area contributed by atoms with Crippen LogP contribution >= 0.6 is 0 Å². The first-order valence-corrected chi connectivity index (χ1v) is 3.15. The summed E-state index contributed by atoms with van der Waals surface area (Å²) in [7, 11) is 2.21. The number of hydrogen-bond donors (Lipinski definition) is 0. The van der Waals surface area contributed by atoms with Crippen molar-refractivity contribution in [3.8, 4) is 0 Å². The summed E-state index contributed by atoms with van der Waals surface area (Å²) in [6.07, 6.45) is 10.2. The highest BCUT2D eigenvalue weighted by molar-refractivity contribution is 6.42. The second-order valence-electron chi connectivity index (χ2n) is 1.98. The molecule has 1 aliphatic heterocycles. The minimum Gasteiger partial charge on any atom is -0.123 e. The molecule has 0 amide bonds. The fourth-order valence-corrected chi connectivity index (χ4v) is 0.767. The molecule has 41 valence electrons. The molecule has 0 aromatic heterocycles. The van der Waals surface area contributed by atoms with Gasteiger partial charge in [0.2, 0.25) is 0 Å². The van der Waals surface area contributed by atoms with Crippen LogP contribution in [-0.4, -0.2) is 7.28 Å². The molecule has 0 spiro atoms. The number of rotatable bonds is 0. The van der Waals surface area contributed by atoms with E-state index < -0.39 is 0 Å². The Morgan fingerprint density at radius 1 is 1.25 bits per heavy atom. The van der Waals surface area contributed by atoms with Gasteiger partial charge in [-0.15, -0.1) is 5.98 Å². The van der Waals surface area contributed by atoms with Crippen LogP contribution in [0.2, 0.25) is 6.32 Å². The summed E-state index contributed by atoms with van der Waals surface area (Å²) in [5.74, 6) is 2.11. The van der Waals surface area contributed by atoms with Crippen LogP contribution in [0.4, 0.5) is 0 Å². The lowest BCUT2D eigenvalue weighted by molar-refractivity contribution is 0.950. The lowest BCUT2D eigenvalue weighted by Crippen LogP contribution is -1.84. The van der Waals surface area contributed by atoms with Crippen molar-refractivity contribution in [1.29, 1.82) is 0 Å². The maximum absolute atomic E-state index is 2.21. The number of allylic oxidation sites excluding steroid dienone is 3. The van der Waals surface area contributed by atoms with Gasteiger partial charge in [-0.1, -0.05) is 31.0 Å². The summed E-state index contributed by atoms with van der Waals surface area (Å²) in [5, 5.41) is 0.